The molecule has 1 aromatic heterocycles. The van der Waals surface area contributed by atoms with Crippen LogP contribution in [-0.2, 0) is 0 Å². The van der Waals surface area contributed by atoms with Crippen molar-refractivity contribution in [3.63, 3.8) is 0 Å². The van der Waals surface area contributed by atoms with E-state index < -0.39 is 0 Å². The van der Waals surface area contributed by atoms with Crippen molar-refractivity contribution in [1.29, 1.82) is 0 Å². The number of phenols is 1. The molecule has 2 aromatic carbocycles. The molecule has 0 atom stereocenters. The number of aromatic nitrogens is 1. The van der Waals surface area contributed by atoms with Crippen molar-refractivity contribution in [2.75, 3.05) is 28.4 Å². The Kier molecular flexibility index (Phi) is 5.44. The molecule has 3 aromatic rings. The summed E-state index contributed by atoms with van der Waals surface area (Å²) in [5, 5.41) is 10.7. The fourth-order valence-electron chi connectivity index (χ4n) is 3.01. The highest BCUT2D eigenvalue weighted by atomic mass is 16.5. The number of phenolic OH excluding ortho intramolecular Hbond substituents is 1. The maximum Gasteiger partial charge on any atom is 0.203 e. The molecule has 0 spiro atoms. The molecule has 7 heteroatoms. The van der Waals surface area contributed by atoms with Gasteiger partial charge in [-0.25, -0.2) is 0 Å². The van der Waals surface area contributed by atoms with Crippen LogP contribution >= 0.6 is 0 Å². The second kappa shape index (κ2) is 7.96. The Bertz CT molecular complexity index is 1030. The number of allylic oxidation sites excluding steroid dienone is 1. The number of H-pyrrole nitrogens is 1. The molecule has 2 N–H and O–H groups in total. The van der Waals surface area contributed by atoms with Gasteiger partial charge in [0.1, 0.15) is 0 Å². The molecule has 0 amide bonds. The number of benzene rings is 2. The zero-order valence-corrected chi connectivity index (χ0v) is 16.0. The van der Waals surface area contributed by atoms with E-state index in [0.29, 0.717) is 34.1 Å². The van der Waals surface area contributed by atoms with E-state index in [4.69, 9.17) is 18.9 Å². The van der Waals surface area contributed by atoms with Gasteiger partial charge in [-0.15, -0.1) is 0 Å². The van der Waals surface area contributed by atoms with Crippen molar-refractivity contribution in [2.24, 2.45) is 0 Å². The van der Waals surface area contributed by atoms with E-state index in [1.807, 2.05) is 0 Å². The molecule has 1 heterocycles. The van der Waals surface area contributed by atoms with Crippen molar-refractivity contribution in [2.45, 2.75) is 0 Å². The van der Waals surface area contributed by atoms with E-state index in [2.05, 4.69) is 4.98 Å². The van der Waals surface area contributed by atoms with Gasteiger partial charge in [-0.1, -0.05) is 0 Å². The first kappa shape index (κ1) is 19.2. The van der Waals surface area contributed by atoms with E-state index in [-0.39, 0.29) is 11.5 Å². The largest absolute Gasteiger partial charge is 0.504 e. The number of hydrogen-bond donors (Lipinski definition) is 2. The number of nitrogens with one attached hydrogen (secondary N) is 1. The van der Waals surface area contributed by atoms with Crippen molar-refractivity contribution in [1.82, 2.24) is 4.98 Å². The molecule has 0 bridgehead atoms. The Balaban J connectivity index is 1.95. The van der Waals surface area contributed by atoms with Crippen molar-refractivity contribution in [3.05, 3.63) is 47.7 Å². The predicted octanol–water partition coefficient (Wildman–Crippen LogP) is 3.80. The molecule has 0 radical (unpaired) electrons. The van der Waals surface area contributed by atoms with Crippen LogP contribution in [0, 0.1) is 0 Å². The van der Waals surface area contributed by atoms with Gasteiger partial charge >= 0.3 is 0 Å². The van der Waals surface area contributed by atoms with Gasteiger partial charge in [0, 0.05) is 22.7 Å². The average Bonchev–Trinajstić information content (AvgIpc) is 3.13. The maximum absolute atomic E-state index is 12.7. The summed E-state index contributed by atoms with van der Waals surface area (Å²) in [5.41, 5.74) is 1.84. The Morgan fingerprint density at radius 3 is 2.18 bits per heavy atom. The summed E-state index contributed by atoms with van der Waals surface area (Å²) >= 11 is 0. The van der Waals surface area contributed by atoms with Gasteiger partial charge in [-0.3, -0.25) is 4.79 Å². The van der Waals surface area contributed by atoms with Crippen LogP contribution in [0.1, 0.15) is 15.9 Å². The van der Waals surface area contributed by atoms with Gasteiger partial charge in [-0.05, 0) is 36.4 Å². The number of fused-ring (bicyclic) bond motifs is 1. The first-order valence-electron chi connectivity index (χ1n) is 8.43. The third kappa shape index (κ3) is 3.34. The summed E-state index contributed by atoms with van der Waals surface area (Å²) in [7, 11) is 5.98. The van der Waals surface area contributed by atoms with Gasteiger partial charge in [0.2, 0.25) is 5.75 Å². The number of hydrogen-bond acceptors (Lipinski definition) is 6. The second-order valence-electron chi connectivity index (χ2n) is 5.90. The lowest BCUT2D eigenvalue weighted by molar-refractivity contribution is 0.104. The first-order valence-corrected chi connectivity index (χ1v) is 8.43. The van der Waals surface area contributed by atoms with Gasteiger partial charge in [0.25, 0.3) is 0 Å². The van der Waals surface area contributed by atoms with E-state index in [1.54, 1.807) is 36.5 Å². The van der Waals surface area contributed by atoms with Gasteiger partial charge in [-0.2, -0.15) is 0 Å². The third-order valence-electron chi connectivity index (χ3n) is 4.39. The Morgan fingerprint density at radius 2 is 1.61 bits per heavy atom. The number of ketones is 1. The zero-order valence-electron chi connectivity index (χ0n) is 16.0. The zero-order chi connectivity index (χ0) is 20.3. The number of carbonyl (C=O) groups excluding carboxylic acids is 1. The van der Waals surface area contributed by atoms with Crippen LogP contribution < -0.4 is 18.9 Å². The third-order valence-corrected chi connectivity index (χ3v) is 4.39. The maximum atomic E-state index is 12.7. The number of methoxy groups -OCH3 is 4. The first-order chi connectivity index (χ1) is 13.5. The van der Waals surface area contributed by atoms with E-state index in [1.165, 1.54) is 34.5 Å². The Morgan fingerprint density at radius 1 is 0.964 bits per heavy atom. The minimum atomic E-state index is -0.223. The van der Waals surface area contributed by atoms with Crippen LogP contribution in [0.25, 0.3) is 17.0 Å². The van der Waals surface area contributed by atoms with E-state index in [0.717, 1.165) is 10.9 Å². The topological polar surface area (TPSA) is 90.0 Å². The Hall–Kier alpha value is -3.61. The molecule has 146 valence electrons. The van der Waals surface area contributed by atoms with Crippen LogP contribution in [0.15, 0.2) is 36.5 Å². The van der Waals surface area contributed by atoms with Gasteiger partial charge in [0.15, 0.2) is 28.8 Å². The average molecular weight is 383 g/mol. The Labute approximate surface area is 162 Å². The molecular formula is C21H21NO6. The number of aromatic hydroxyl groups is 1. The fraction of sp³-hybridized carbons (Fsp3) is 0.190. The summed E-state index contributed by atoms with van der Waals surface area (Å²) in [6.07, 6.45) is 4.90. The summed E-state index contributed by atoms with van der Waals surface area (Å²) in [5.74, 6) is 1.42. The highest BCUT2D eigenvalue weighted by Gasteiger charge is 2.16. The normalized spacial score (nSPS) is 11.0. The monoisotopic (exact) mass is 383 g/mol. The lowest BCUT2D eigenvalue weighted by Gasteiger charge is -2.13. The lowest BCUT2D eigenvalue weighted by Crippen LogP contribution is -2.00. The molecule has 0 fully saturated rings. The minimum absolute atomic E-state index is 0.0425. The number of rotatable bonds is 7. The molecule has 28 heavy (non-hydrogen) atoms. The molecule has 0 saturated heterocycles. The molecule has 0 aliphatic rings. The molecule has 3 rings (SSSR count). The fourth-order valence-corrected chi connectivity index (χ4v) is 3.01. The molecule has 0 aliphatic heterocycles. The van der Waals surface area contributed by atoms with Crippen LogP contribution in [0.5, 0.6) is 28.7 Å². The van der Waals surface area contributed by atoms with Crippen molar-refractivity contribution >= 4 is 22.8 Å². The highest BCUT2D eigenvalue weighted by Crippen LogP contribution is 2.39. The number of carbonyl (C=O) groups is 1. The summed E-state index contributed by atoms with van der Waals surface area (Å²) in [6.45, 7) is 0. The van der Waals surface area contributed by atoms with Crippen LogP contribution in [0.3, 0.4) is 0 Å². The number of ether oxygens (including phenoxy) is 4. The van der Waals surface area contributed by atoms with Crippen LogP contribution in [0.2, 0.25) is 0 Å². The smallest absolute Gasteiger partial charge is 0.203 e. The SMILES string of the molecule is COc1cc(C(=O)/C=C/c2c[nH]c3c(OC)c(O)ccc23)cc(OC)c1OC. The van der Waals surface area contributed by atoms with Gasteiger partial charge < -0.3 is 29.0 Å². The summed E-state index contributed by atoms with van der Waals surface area (Å²) < 4.78 is 21.1. The van der Waals surface area contributed by atoms with Crippen molar-refractivity contribution < 1.29 is 28.8 Å². The molecule has 0 unspecified atom stereocenters. The van der Waals surface area contributed by atoms with Crippen molar-refractivity contribution in [3.8, 4) is 28.7 Å². The van der Waals surface area contributed by atoms with Crippen LogP contribution in [0.4, 0.5) is 0 Å². The quantitative estimate of drug-likeness (QED) is 0.476. The standard InChI is InChI=1S/C21H21NO6/c1-25-17-9-13(10-18(26-2)21(17)28-4)15(23)7-5-12-11-22-19-14(12)6-8-16(24)20(19)27-3/h5-11,22,24H,1-4H3/b7-5+. The minimum Gasteiger partial charge on any atom is -0.504 e. The lowest BCUT2D eigenvalue weighted by atomic mass is 10.1. The summed E-state index contributed by atoms with van der Waals surface area (Å²) in [4.78, 5) is 15.7. The second-order valence-corrected chi connectivity index (χ2v) is 5.90. The van der Waals surface area contributed by atoms with Gasteiger partial charge in [0.05, 0.1) is 34.0 Å². The summed E-state index contributed by atoms with van der Waals surface area (Å²) in [6, 6.07) is 6.51. The van der Waals surface area contributed by atoms with E-state index >= 15 is 0 Å². The number of aromatic amines is 1. The molecule has 0 saturated carbocycles. The predicted molar refractivity (Wildman–Crippen MR) is 106 cm³/mol. The molecular weight excluding hydrogens is 362 g/mol. The molecule has 0 aliphatic carbocycles. The molecule has 7 nitrogen and oxygen atoms in total. The van der Waals surface area contributed by atoms with Crippen LogP contribution in [-0.4, -0.2) is 44.3 Å². The highest BCUT2D eigenvalue weighted by molar-refractivity contribution is 6.08. The van der Waals surface area contributed by atoms with E-state index in [9.17, 15) is 9.90 Å².